The zero-order valence-corrected chi connectivity index (χ0v) is 19.5. The Morgan fingerprint density at radius 1 is 1.12 bits per heavy atom. The number of fused-ring (bicyclic) bond motifs is 1. The molecule has 2 amide bonds. The lowest BCUT2D eigenvalue weighted by Crippen LogP contribution is -2.47. The molecule has 0 aromatic heterocycles. The van der Waals surface area contributed by atoms with E-state index in [-0.39, 0.29) is 24.8 Å². The Morgan fingerprint density at radius 3 is 2.62 bits per heavy atom. The van der Waals surface area contributed by atoms with Crippen molar-refractivity contribution < 1.29 is 19.1 Å². The predicted molar refractivity (Wildman–Crippen MR) is 125 cm³/mol. The molecular weight excluding hydrogens is 428 g/mol. The molecule has 172 valence electrons. The van der Waals surface area contributed by atoms with Crippen LogP contribution < -0.4 is 14.8 Å². The SMILES string of the molecule is CCCCNC(=O)C(C)N(Cc1ccccc1Cl)C(=O)CCc1ccc2c(c1)OCCO2. The average Bonchev–Trinajstić information content (AvgIpc) is 2.81. The molecule has 0 saturated carbocycles. The van der Waals surface area contributed by atoms with Crippen LogP contribution in [0.2, 0.25) is 5.02 Å². The van der Waals surface area contributed by atoms with Gasteiger partial charge in [-0.2, -0.15) is 0 Å². The van der Waals surface area contributed by atoms with Gasteiger partial charge in [-0.3, -0.25) is 9.59 Å². The summed E-state index contributed by atoms with van der Waals surface area (Å²) in [5, 5.41) is 3.51. The van der Waals surface area contributed by atoms with Crippen molar-refractivity contribution in [2.24, 2.45) is 0 Å². The number of nitrogens with one attached hydrogen (secondary N) is 1. The number of ether oxygens (including phenoxy) is 2. The van der Waals surface area contributed by atoms with Gasteiger partial charge in [0, 0.05) is 24.5 Å². The van der Waals surface area contributed by atoms with E-state index in [1.54, 1.807) is 17.9 Å². The van der Waals surface area contributed by atoms with Gasteiger partial charge in [-0.05, 0) is 49.1 Å². The van der Waals surface area contributed by atoms with Crippen LogP contribution in [0.15, 0.2) is 42.5 Å². The fourth-order valence-corrected chi connectivity index (χ4v) is 3.76. The summed E-state index contributed by atoms with van der Waals surface area (Å²) in [6, 6.07) is 12.5. The first-order chi connectivity index (χ1) is 15.5. The number of unbranched alkanes of at least 4 members (excludes halogenated alkanes) is 1. The van der Waals surface area contributed by atoms with E-state index < -0.39 is 6.04 Å². The van der Waals surface area contributed by atoms with Crippen LogP contribution in [0.4, 0.5) is 0 Å². The Labute approximate surface area is 194 Å². The van der Waals surface area contributed by atoms with E-state index in [0.717, 1.165) is 29.7 Å². The summed E-state index contributed by atoms with van der Waals surface area (Å²) < 4.78 is 11.2. The van der Waals surface area contributed by atoms with Gasteiger partial charge >= 0.3 is 0 Å². The Kier molecular flexibility index (Phi) is 8.80. The van der Waals surface area contributed by atoms with E-state index in [2.05, 4.69) is 12.2 Å². The van der Waals surface area contributed by atoms with Gasteiger partial charge in [0.2, 0.25) is 11.8 Å². The number of halogens is 1. The molecule has 0 aliphatic carbocycles. The number of aryl methyl sites for hydroxylation is 1. The smallest absolute Gasteiger partial charge is 0.242 e. The van der Waals surface area contributed by atoms with Crippen molar-refractivity contribution in [3.05, 3.63) is 58.6 Å². The minimum Gasteiger partial charge on any atom is -0.486 e. The van der Waals surface area contributed by atoms with E-state index in [9.17, 15) is 9.59 Å². The van der Waals surface area contributed by atoms with Gasteiger partial charge in [0.1, 0.15) is 19.3 Å². The van der Waals surface area contributed by atoms with Crippen LogP contribution in [0, 0.1) is 0 Å². The summed E-state index contributed by atoms with van der Waals surface area (Å²) in [6.45, 7) is 5.78. The number of amides is 2. The van der Waals surface area contributed by atoms with Crippen LogP contribution >= 0.6 is 11.6 Å². The predicted octanol–water partition coefficient (Wildman–Crippen LogP) is 4.38. The lowest BCUT2D eigenvalue weighted by molar-refractivity contribution is -0.140. The van der Waals surface area contributed by atoms with Crippen molar-refractivity contribution in [1.29, 1.82) is 0 Å². The van der Waals surface area contributed by atoms with Crippen molar-refractivity contribution >= 4 is 23.4 Å². The number of hydrogen-bond donors (Lipinski definition) is 1. The second-order valence-electron chi connectivity index (χ2n) is 7.91. The van der Waals surface area contributed by atoms with Gasteiger partial charge in [0.05, 0.1) is 0 Å². The van der Waals surface area contributed by atoms with Crippen molar-refractivity contribution in [2.75, 3.05) is 19.8 Å². The number of rotatable bonds is 10. The zero-order chi connectivity index (χ0) is 22.9. The largest absolute Gasteiger partial charge is 0.486 e. The molecule has 1 aliphatic heterocycles. The molecule has 1 unspecified atom stereocenters. The minimum absolute atomic E-state index is 0.0991. The molecule has 3 rings (SSSR count). The molecule has 0 saturated heterocycles. The molecule has 0 radical (unpaired) electrons. The van der Waals surface area contributed by atoms with E-state index in [4.69, 9.17) is 21.1 Å². The van der Waals surface area contributed by atoms with Gasteiger partial charge in [0.15, 0.2) is 11.5 Å². The van der Waals surface area contributed by atoms with E-state index >= 15 is 0 Å². The lowest BCUT2D eigenvalue weighted by Gasteiger charge is -2.29. The molecule has 6 nitrogen and oxygen atoms in total. The molecule has 1 N–H and O–H groups in total. The zero-order valence-electron chi connectivity index (χ0n) is 18.7. The van der Waals surface area contributed by atoms with Gasteiger partial charge in [-0.15, -0.1) is 0 Å². The summed E-state index contributed by atoms with van der Waals surface area (Å²) in [5.41, 5.74) is 1.80. The molecular formula is C25H31ClN2O4. The van der Waals surface area contributed by atoms with E-state index in [0.29, 0.717) is 37.0 Å². The van der Waals surface area contributed by atoms with Gasteiger partial charge < -0.3 is 19.7 Å². The van der Waals surface area contributed by atoms with Crippen LogP contribution in [0.1, 0.15) is 44.2 Å². The topological polar surface area (TPSA) is 67.9 Å². The maximum absolute atomic E-state index is 13.2. The summed E-state index contributed by atoms with van der Waals surface area (Å²) >= 11 is 6.34. The second-order valence-corrected chi connectivity index (χ2v) is 8.32. The standard InChI is InChI=1S/C25H31ClN2O4/c1-3-4-13-27-25(30)18(2)28(17-20-7-5-6-8-21(20)26)24(29)12-10-19-9-11-22-23(16-19)32-15-14-31-22/h5-9,11,16,18H,3-4,10,12-15,17H2,1-2H3,(H,27,30). The molecule has 1 atom stereocenters. The molecule has 0 fully saturated rings. The van der Waals surface area contributed by atoms with Crippen molar-refractivity contribution in [3.8, 4) is 11.5 Å². The third kappa shape index (κ3) is 6.39. The quantitative estimate of drug-likeness (QED) is 0.536. The van der Waals surface area contributed by atoms with Crippen LogP contribution in [-0.4, -0.2) is 42.5 Å². The minimum atomic E-state index is -0.601. The highest BCUT2D eigenvalue weighted by Crippen LogP contribution is 2.31. The normalized spacial score (nSPS) is 13.3. The monoisotopic (exact) mass is 458 g/mol. The second kappa shape index (κ2) is 11.8. The lowest BCUT2D eigenvalue weighted by atomic mass is 10.1. The van der Waals surface area contributed by atoms with Crippen molar-refractivity contribution in [2.45, 2.75) is 52.1 Å². The van der Waals surface area contributed by atoms with Gasteiger partial charge in [0.25, 0.3) is 0 Å². The number of hydrogen-bond acceptors (Lipinski definition) is 4. The number of benzene rings is 2. The Morgan fingerprint density at radius 2 is 1.88 bits per heavy atom. The first-order valence-corrected chi connectivity index (χ1v) is 11.6. The fraction of sp³-hybridized carbons (Fsp3) is 0.440. The summed E-state index contributed by atoms with van der Waals surface area (Å²) in [5.74, 6) is 1.18. The van der Waals surface area contributed by atoms with E-state index in [1.165, 1.54) is 0 Å². The third-order valence-corrected chi connectivity index (χ3v) is 5.90. The third-order valence-electron chi connectivity index (χ3n) is 5.53. The Bertz CT molecular complexity index is 934. The van der Waals surface area contributed by atoms with E-state index in [1.807, 2.05) is 36.4 Å². The Hall–Kier alpha value is -2.73. The number of nitrogens with zero attached hydrogens (tertiary/aromatic N) is 1. The van der Waals surface area contributed by atoms with Crippen LogP contribution in [-0.2, 0) is 22.6 Å². The van der Waals surface area contributed by atoms with Gasteiger partial charge in [-0.1, -0.05) is 49.2 Å². The van der Waals surface area contributed by atoms with Crippen LogP contribution in [0.3, 0.4) is 0 Å². The molecule has 1 aliphatic rings. The fourth-order valence-electron chi connectivity index (χ4n) is 3.57. The van der Waals surface area contributed by atoms with Gasteiger partial charge in [-0.25, -0.2) is 0 Å². The Balaban J connectivity index is 1.70. The van der Waals surface area contributed by atoms with Crippen molar-refractivity contribution in [1.82, 2.24) is 10.2 Å². The summed E-state index contributed by atoms with van der Waals surface area (Å²) in [6.07, 6.45) is 2.71. The van der Waals surface area contributed by atoms with Crippen LogP contribution in [0.25, 0.3) is 0 Å². The maximum Gasteiger partial charge on any atom is 0.242 e. The molecule has 1 heterocycles. The first kappa shape index (κ1) is 23.9. The first-order valence-electron chi connectivity index (χ1n) is 11.2. The maximum atomic E-state index is 13.2. The highest BCUT2D eigenvalue weighted by molar-refractivity contribution is 6.31. The highest BCUT2D eigenvalue weighted by Gasteiger charge is 2.26. The molecule has 2 aromatic rings. The molecule has 32 heavy (non-hydrogen) atoms. The average molecular weight is 459 g/mol. The van der Waals surface area contributed by atoms with Crippen molar-refractivity contribution in [3.63, 3.8) is 0 Å². The summed E-state index contributed by atoms with van der Waals surface area (Å²) in [7, 11) is 0. The molecule has 0 bridgehead atoms. The highest BCUT2D eigenvalue weighted by atomic mass is 35.5. The molecule has 7 heteroatoms. The van der Waals surface area contributed by atoms with Crippen LogP contribution in [0.5, 0.6) is 11.5 Å². The number of carbonyl (C=O) groups is 2. The molecule has 0 spiro atoms. The summed E-state index contributed by atoms with van der Waals surface area (Å²) in [4.78, 5) is 27.6. The molecule has 2 aromatic carbocycles. The number of carbonyl (C=O) groups excluding carboxylic acids is 2.